The van der Waals surface area contributed by atoms with E-state index < -0.39 is 23.6 Å². The van der Waals surface area contributed by atoms with E-state index in [0.717, 1.165) is 16.3 Å². The third kappa shape index (κ3) is 2.81. The fraction of sp³-hybridized carbons (Fsp3) is 0.353. The van der Waals surface area contributed by atoms with E-state index in [1.54, 1.807) is 26.1 Å². The van der Waals surface area contributed by atoms with Gasteiger partial charge in [0.05, 0.1) is 18.3 Å². The number of hydrogen-bond donors (Lipinski definition) is 2. The Balaban J connectivity index is 2.04. The first-order valence-corrected chi connectivity index (χ1v) is 7.93. The maximum absolute atomic E-state index is 12.2. The van der Waals surface area contributed by atoms with Crippen LogP contribution in [0.15, 0.2) is 24.5 Å². The van der Waals surface area contributed by atoms with Gasteiger partial charge in [-0.25, -0.2) is 19.6 Å². The molecule has 0 fully saturated rings. The van der Waals surface area contributed by atoms with Crippen molar-refractivity contribution in [3.05, 3.63) is 41.5 Å². The van der Waals surface area contributed by atoms with Crippen LogP contribution in [-0.4, -0.2) is 44.1 Å². The number of fused-ring (bicyclic) bond motifs is 1. The lowest BCUT2D eigenvalue weighted by molar-refractivity contribution is -0.144. The highest BCUT2D eigenvalue weighted by Crippen LogP contribution is 2.45. The summed E-state index contributed by atoms with van der Waals surface area (Å²) in [5.41, 5.74) is 1.45. The van der Waals surface area contributed by atoms with Crippen LogP contribution >= 0.6 is 0 Å². The van der Waals surface area contributed by atoms with E-state index in [1.807, 2.05) is 13.0 Å². The zero-order valence-electron chi connectivity index (χ0n) is 14.8. The number of aliphatic carboxylic acids is 1. The lowest BCUT2D eigenvalue weighted by Gasteiger charge is -2.32. The van der Waals surface area contributed by atoms with Crippen molar-refractivity contribution in [1.82, 2.24) is 19.9 Å². The van der Waals surface area contributed by atoms with E-state index in [1.165, 1.54) is 13.3 Å². The summed E-state index contributed by atoms with van der Waals surface area (Å²) in [6.45, 7) is 5.31. The van der Waals surface area contributed by atoms with Crippen LogP contribution in [0.2, 0.25) is 0 Å². The van der Waals surface area contributed by atoms with Gasteiger partial charge in [-0.1, -0.05) is 0 Å². The summed E-state index contributed by atoms with van der Waals surface area (Å²) in [6.07, 6.45) is 2.45. The van der Waals surface area contributed by atoms with Crippen LogP contribution in [0.5, 0.6) is 0 Å². The molecule has 3 rings (SSSR count). The molecule has 26 heavy (non-hydrogen) atoms. The number of nitrogens with one attached hydrogen (secondary N) is 1. The van der Waals surface area contributed by atoms with Crippen molar-refractivity contribution in [2.45, 2.75) is 32.4 Å². The monoisotopic (exact) mass is 357 g/mol. The number of aryl methyl sites for hydroxylation is 1. The molecule has 9 heteroatoms. The second-order valence-corrected chi connectivity index (χ2v) is 6.44. The standard InChI is InChI=1S/C17H19N5O4/c1-9-7-10(5-6-18-9)20-15-19-8-11-12(21-15)13(14(23)24)22(16(25)26-4)17(11,2)3/h5-8,13H,1-4H3,(H,23,24)(H,18,19,20,21). The van der Waals surface area contributed by atoms with E-state index in [2.05, 4.69) is 20.3 Å². The van der Waals surface area contributed by atoms with Crippen molar-refractivity contribution in [2.75, 3.05) is 12.4 Å². The second kappa shape index (κ2) is 6.25. The number of carboxylic acid groups (broad SMARTS) is 1. The maximum Gasteiger partial charge on any atom is 0.411 e. The van der Waals surface area contributed by atoms with Crippen LogP contribution < -0.4 is 5.32 Å². The third-order valence-corrected chi connectivity index (χ3v) is 4.35. The number of hydrogen-bond acceptors (Lipinski definition) is 7. The molecule has 3 heterocycles. The van der Waals surface area contributed by atoms with Crippen LogP contribution in [0.4, 0.5) is 16.4 Å². The van der Waals surface area contributed by atoms with Gasteiger partial charge in [0.15, 0.2) is 6.04 Å². The fourth-order valence-corrected chi connectivity index (χ4v) is 3.12. The number of carboxylic acids is 1. The Morgan fingerprint density at radius 2 is 2.08 bits per heavy atom. The summed E-state index contributed by atoms with van der Waals surface area (Å²) in [6, 6.07) is 2.31. The first kappa shape index (κ1) is 17.6. The van der Waals surface area contributed by atoms with E-state index in [9.17, 15) is 14.7 Å². The van der Waals surface area contributed by atoms with Crippen LogP contribution in [0.1, 0.15) is 36.8 Å². The number of ether oxygens (including phenoxy) is 1. The van der Waals surface area contributed by atoms with Gasteiger partial charge in [-0.05, 0) is 32.9 Å². The number of carbonyl (C=O) groups is 2. The lowest BCUT2D eigenvalue weighted by Crippen LogP contribution is -2.44. The number of rotatable bonds is 3. The zero-order chi connectivity index (χ0) is 19.1. The van der Waals surface area contributed by atoms with Gasteiger partial charge in [-0.3, -0.25) is 9.88 Å². The maximum atomic E-state index is 12.2. The number of carbonyl (C=O) groups excluding carboxylic acids is 1. The number of amides is 1. The lowest BCUT2D eigenvalue weighted by atomic mass is 9.97. The Morgan fingerprint density at radius 1 is 1.35 bits per heavy atom. The number of methoxy groups -OCH3 is 1. The second-order valence-electron chi connectivity index (χ2n) is 6.44. The summed E-state index contributed by atoms with van der Waals surface area (Å²) in [5.74, 6) is -0.949. The molecule has 0 radical (unpaired) electrons. The largest absolute Gasteiger partial charge is 0.479 e. The van der Waals surface area contributed by atoms with Gasteiger partial charge in [0, 0.05) is 29.3 Å². The van der Waals surface area contributed by atoms with Gasteiger partial charge < -0.3 is 15.2 Å². The molecule has 0 saturated carbocycles. The minimum Gasteiger partial charge on any atom is -0.479 e. The zero-order valence-corrected chi connectivity index (χ0v) is 14.8. The molecule has 136 valence electrons. The van der Waals surface area contributed by atoms with Crippen LogP contribution in [0.3, 0.4) is 0 Å². The molecule has 2 aromatic rings. The SMILES string of the molecule is COC(=O)N1C(C(=O)O)c2nc(Nc3ccnc(C)c3)ncc2C1(C)C. The molecular weight excluding hydrogens is 338 g/mol. The van der Waals surface area contributed by atoms with E-state index in [-0.39, 0.29) is 11.6 Å². The smallest absolute Gasteiger partial charge is 0.411 e. The minimum absolute atomic E-state index is 0.239. The fourth-order valence-electron chi connectivity index (χ4n) is 3.12. The number of anilines is 2. The summed E-state index contributed by atoms with van der Waals surface area (Å²) < 4.78 is 4.77. The molecule has 9 nitrogen and oxygen atoms in total. The molecule has 1 aliphatic rings. The Kier molecular flexibility index (Phi) is 4.23. The van der Waals surface area contributed by atoms with Crippen molar-refractivity contribution in [3.63, 3.8) is 0 Å². The van der Waals surface area contributed by atoms with Gasteiger partial charge in [0.1, 0.15) is 0 Å². The molecule has 1 amide bonds. The average molecular weight is 357 g/mol. The molecule has 0 aliphatic carbocycles. The van der Waals surface area contributed by atoms with Crippen molar-refractivity contribution < 1.29 is 19.4 Å². The van der Waals surface area contributed by atoms with E-state index in [4.69, 9.17) is 4.74 Å². The van der Waals surface area contributed by atoms with Gasteiger partial charge in [0.2, 0.25) is 5.95 Å². The number of pyridine rings is 1. The molecule has 0 aromatic carbocycles. The van der Waals surface area contributed by atoms with E-state index >= 15 is 0 Å². The first-order chi connectivity index (χ1) is 12.3. The molecule has 0 bridgehead atoms. The van der Waals surface area contributed by atoms with Gasteiger partial charge >= 0.3 is 12.1 Å². The summed E-state index contributed by atoms with van der Waals surface area (Å²) in [7, 11) is 1.21. The Labute approximate surface area is 150 Å². The van der Waals surface area contributed by atoms with Gasteiger partial charge in [-0.2, -0.15) is 0 Å². The van der Waals surface area contributed by atoms with E-state index in [0.29, 0.717) is 5.56 Å². The van der Waals surface area contributed by atoms with Crippen molar-refractivity contribution in [2.24, 2.45) is 0 Å². The Morgan fingerprint density at radius 3 is 2.69 bits per heavy atom. The normalized spacial score (nSPS) is 17.5. The molecule has 0 spiro atoms. The summed E-state index contributed by atoms with van der Waals surface area (Å²) >= 11 is 0. The summed E-state index contributed by atoms with van der Waals surface area (Å²) in [4.78, 5) is 38.0. The van der Waals surface area contributed by atoms with Gasteiger partial charge in [0.25, 0.3) is 0 Å². The predicted octanol–water partition coefficient (Wildman–Crippen LogP) is 2.37. The van der Waals surface area contributed by atoms with Crippen LogP contribution in [0, 0.1) is 6.92 Å². The number of aromatic nitrogens is 3. The molecule has 2 N–H and O–H groups in total. The molecular formula is C17H19N5O4. The highest BCUT2D eigenvalue weighted by Gasteiger charge is 2.52. The molecule has 2 aromatic heterocycles. The Bertz CT molecular complexity index is 883. The highest BCUT2D eigenvalue weighted by molar-refractivity contribution is 5.84. The predicted molar refractivity (Wildman–Crippen MR) is 91.9 cm³/mol. The quantitative estimate of drug-likeness (QED) is 0.859. The van der Waals surface area contributed by atoms with Crippen molar-refractivity contribution >= 4 is 23.7 Å². The Hall–Kier alpha value is -3.23. The molecule has 1 atom stereocenters. The number of nitrogens with zero attached hydrogens (tertiary/aromatic N) is 4. The average Bonchev–Trinajstić information content (AvgIpc) is 2.81. The topological polar surface area (TPSA) is 118 Å². The minimum atomic E-state index is -1.25. The van der Waals surface area contributed by atoms with Crippen LogP contribution in [0.25, 0.3) is 0 Å². The molecule has 1 unspecified atom stereocenters. The third-order valence-electron chi connectivity index (χ3n) is 4.35. The summed E-state index contributed by atoms with van der Waals surface area (Å²) in [5, 5.41) is 12.7. The van der Waals surface area contributed by atoms with Gasteiger partial charge in [-0.15, -0.1) is 0 Å². The first-order valence-electron chi connectivity index (χ1n) is 7.93. The van der Waals surface area contributed by atoms with Crippen molar-refractivity contribution in [1.29, 1.82) is 0 Å². The highest BCUT2D eigenvalue weighted by atomic mass is 16.5. The van der Waals surface area contributed by atoms with Crippen LogP contribution in [-0.2, 0) is 15.1 Å². The van der Waals surface area contributed by atoms with Crippen molar-refractivity contribution in [3.8, 4) is 0 Å². The molecule has 1 aliphatic heterocycles. The molecule has 0 saturated heterocycles.